The van der Waals surface area contributed by atoms with Crippen molar-refractivity contribution in [2.75, 3.05) is 19.7 Å². The van der Waals surface area contributed by atoms with Crippen LogP contribution in [0.4, 0.5) is 4.39 Å². The molecular formula is C32H46FN3O7S. The zero-order valence-electron chi connectivity index (χ0n) is 25.3. The minimum Gasteiger partial charge on any atom is -0.388 e. The zero-order valence-corrected chi connectivity index (χ0v) is 26.1. The van der Waals surface area contributed by atoms with Gasteiger partial charge in [-0.2, -0.15) is 0 Å². The van der Waals surface area contributed by atoms with Crippen molar-refractivity contribution in [2.24, 2.45) is 17.8 Å². The van der Waals surface area contributed by atoms with Crippen LogP contribution < -0.4 is 16.0 Å². The lowest BCUT2D eigenvalue weighted by Gasteiger charge is -2.44. The highest BCUT2D eigenvalue weighted by Crippen LogP contribution is 2.36. The topological polar surface area (TPSA) is 149 Å². The van der Waals surface area contributed by atoms with Gasteiger partial charge < -0.3 is 40.7 Å². The van der Waals surface area contributed by atoms with Gasteiger partial charge in [0.25, 0.3) is 5.91 Å². The predicted molar refractivity (Wildman–Crippen MR) is 164 cm³/mol. The Morgan fingerprint density at radius 2 is 1.82 bits per heavy atom. The number of hydrogen-bond donors (Lipinski definition) is 6. The normalized spacial score (nSPS) is 38.3. The zero-order chi connectivity index (χ0) is 31.4. The molecule has 0 saturated carbocycles. The van der Waals surface area contributed by atoms with E-state index in [-0.39, 0.29) is 35.6 Å². The summed E-state index contributed by atoms with van der Waals surface area (Å²) in [7, 11) is 0. The van der Waals surface area contributed by atoms with E-state index in [0.29, 0.717) is 43.4 Å². The number of amides is 2. The van der Waals surface area contributed by atoms with Crippen molar-refractivity contribution in [2.45, 2.75) is 99.2 Å². The molecule has 0 spiro atoms. The number of halogens is 1. The number of ether oxygens (including phenoxy) is 2. The summed E-state index contributed by atoms with van der Waals surface area (Å²) in [4.78, 5) is 26.2. The smallest absolute Gasteiger partial charge is 0.251 e. The van der Waals surface area contributed by atoms with Crippen LogP contribution in [0, 0.1) is 23.6 Å². The molecule has 1 aromatic carbocycles. The number of hydrogen-bond acceptors (Lipinski definition) is 9. The number of nitrogens with one attached hydrogen (secondary N) is 3. The van der Waals surface area contributed by atoms with E-state index in [2.05, 4.69) is 29.8 Å². The first-order chi connectivity index (χ1) is 21.1. The number of aliphatic hydroxyl groups excluding tert-OH is 3. The van der Waals surface area contributed by atoms with Crippen LogP contribution in [0.1, 0.15) is 56.3 Å². The van der Waals surface area contributed by atoms with Crippen LogP contribution in [0.3, 0.4) is 0 Å². The van der Waals surface area contributed by atoms with Gasteiger partial charge in [0.1, 0.15) is 41.7 Å². The molecule has 3 unspecified atom stereocenters. The lowest BCUT2D eigenvalue weighted by Crippen LogP contribution is -2.64. The van der Waals surface area contributed by atoms with Crippen molar-refractivity contribution in [3.63, 3.8) is 0 Å². The van der Waals surface area contributed by atoms with E-state index in [9.17, 15) is 29.3 Å². The molecule has 0 radical (unpaired) electrons. The lowest BCUT2D eigenvalue weighted by atomic mass is 9.85. The largest absolute Gasteiger partial charge is 0.388 e. The Morgan fingerprint density at radius 3 is 2.57 bits per heavy atom. The summed E-state index contributed by atoms with van der Waals surface area (Å²) >= 11 is 1.25. The molecule has 4 aliphatic rings. The summed E-state index contributed by atoms with van der Waals surface area (Å²) in [5.41, 5.74) is -0.584. The summed E-state index contributed by atoms with van der Waals surface area (Å²) in [6, 6.07) is 4.06. The Hall–Kier alpha value is -2.06. The van der Waals surface area contributed by atoms with Crippen molar-refractivity contribution in [3.8, 4) is 0 Å². The maximum Gasteiger partial charge on any atom is 0.251 e. The number of carbonyl (C=O) groups excluding carboxylic acids is 2. The summed E-state index contributed by atoms with van der Waals surface area (Å²) in [6.45, 7) is 6.02. The molecule has 4 heterocycles. The minimum atomic E-state index is -1.49. The van der Waals surface area contributed by atoms with Crippen molar-refractivity contribution >= 4 is 23.6 Å². The van der Waals surface area contributed by atoms with Crippen molar-refractivity contribution in [1.29, 1.82) is 0 Å². The van der Waals surface area contributed by atoms with E-state index < -0.39 is 47.8 Å². The fraction of sp³-hybridized carbons (Fsp3) is 0.688. The van der Waals surface area contributed by atoms with Crippen LogP contribution in [-0.4, -0.2) is 100 Å². The van der Waals surface area contributed by atoms with E-state index in [4.69, 9.17) is 9.47 Å². The van der Waals surface area contributed by atoms with Gasteiger partial charge in [-0.25, -0.2) is 4.39 Å². The van der Waals surface area contributed by atoms with E-state index in [1.54, 1.807) is 0 Å². The molecule has 5 rings (SSSR count). The second-order valence-electron chi connectivity index (χ2n) is 13.0. The van der Waals surface area contributed by atoms with Gasteiger partial charge in [0.15, 0.2) is 0 Å². The molecule has 3 fully saturated rings. The van der Waals surface area contributed by atoms with Gasteiger partial charge >= 0.3 is 0 Å². The molecule has 2 amide bonds. The van der Waals surface area contributed by atoms with Gasteiger partial charge in [-0.3, -0.25) is 9.59 Å². The van der Waals surface area contributed by atoms with Crippen LogP contribution in [0.15, 0.2) is 36.4 Å². The van der Waals surface area contributed by atoms with Crippen molar-refractivity contribution in [1.82, 2.24) is 16.0 Å². The number of allylic oxidation sites excluding steroid dienone is 1. The molecule has 12 heteroatoms. The molecule has 1 aromatic rings. The monoisotopic (exact) mass is 635 g/mol. The van der Waals surface area contributed by atoms with Gasteiger partial charge in [0.05, 0.1) is 12.1 Å². The van der Waals surface area contributed by atoms with Crippen molar-refractivity contribution in [3.05, 3.63) is 47.8 Å². The van der Waals surface area contributed by atoms with Crippen LogP contribution in [0.5, 0.6) is 0 Å². The highest BCUT2D eigenvalue weighted by Gasteiger charge is 2.49. The number of aliphatic hydroxyl groups is 3. The molecule has 244 valence electrons. The van der Waals surface area contributed by atoms with E-state index in [1.165, 1.54) is 36.0 Å². The molecule has 0 aromatic heterocycles. The molecule has 4 aliphatic heterocycles. The molecule has 10 nitrogen and oxygen atoms in total. The SMILES string of the molecule is CC(C)C[C@@H]1CCO[C@@H]2[C@H](CN[C@@H]2C(=O)N[C@@H]2C/C=C\C[C@H](CNC(=O)c3ccc(F)cc3)SC3O[C@H]2C(O)C(O)[C@H]3O)C1. The van der Waals surface area contributed by atoms with Crippen LogP contribution >= 0.6 is 11.8 Å². The molecule has 0 aliphatic carbocycles. The van der Waals surface area contributed by atoms with Crippen LogP contribution in [0.25, 0.3) is 0 Å². The van der Waals surface area contributed by atoms with Gasteiger partial charge in [-0.05, 0) is 74.1 Å². The first-order valence-corrected chi connectivity index (χ1v) is 16.7. The minimum absolute atomic E-state index is 0.226. The van der Waals surface area contributed by atoms with Crippen molar-refractivity contribution < 1.29 is 38.8 Å². The fourth-order valence-electron chi connectivity index (χ4n) is 6.92. The number of carbonyl (C=O) groups is 2. The summed E-state index contributed by atoms with van der Waals surface area (Å²) in [5.74, 6) is 0.403. The highest BCUT2D eigenvalue weighted by molar-refractivity contribution is 8.00. The van der Waals surface area contributed by atoms with Crippen LogP contribution in [0.2, 0.25) is 0 Å². The van der Waals surface area contributed by atoms with Crippen LogP contribution in [-0.2, 0) is 14.3 Å². The first-order valence-electron chi connectivity index (χ1n) is 15.8. The average molecular weight is 636 g/mol. The Balaban J connectivity index is 1.24. The van der Waals surface area contributed by atoms with E-state index in [1.807, 2.05) is 12.2 Å². The van der Waals surface area contributed by atoms with E-state index >= 15 is 0 Å². The number of thioether (sulfide) groups is 1. The molecule has 11 atom stereocenters. The molecule has 2 bridgehead atoms. The quantitative estimate of drug-likeness (QED) is 0.247. The third-order valence-corrected chi connectivity index (χ3v) is 10.6. The van der Waals surface area contributed by atoms with Gasteiger partial charge in [-0.15, -0.1) is 11.8 Å². The summed E-state index contributed by atoms with van der Waals surface area (Å²) in [6.07, 6.45) is 2.35. The standard InChI is InChI=1S/C32H46FN3O7S/c1-17(2)13-18-11-12-42-28-20(14-18)15-34-24(28)31(41)36-23-6-4-3-5-22(16-35-30(40)19-7-9-21(33)10-8-19)44-32-27(39)25(37)26(38)29(23)43-32/h3-4,7-10,17-18,20,22-29,32,34,37-39H,5-6,11-16H2,1-2H3,(H,35,40)(H,36,41)/b4-3-/t18-,20-,22+,23+,24-,25?,26?,27+,28+,29+,32?/m0/s1. The predicted octanol–water partition coefficient (Wildman–Crippen LogP) is 1.73. The number of rotatable bonds is 7. The molecule has 3 saturated heterocycles. The summed E-state index contributed by atoms with van der Waals surface area (Å²) < 4.78 is 25.7. The van der Waals surface area contributed by atoms with Gasteiger partial charge in [0.2, 0.25) is 5.91 Å². The second kappa shape index (κ2) is 15.0. The number of fused-ring (bicyclic) bond motifs is 3. The summed E-state index contributed by atoms with van der Waals surface area (Å²) in [5, 5.41) is 41.6. The van der Waals surface area contributed by atoms with Gasteiger partial charge in [0, 0.05) is 30.5 Å². The Morgan fingerprint density at radius 1 is 1.07 bits per heavy atom. The number of benzene rings is 1. The third-order valence-electron chi connectivity index (χ3n) is 9.16. The maximum absolute atomic E-state index is 13.6. The maximum atomic E-state index is 13.6. The average Bonchev–Trinajstić information content (AvgIpc) is 3.28. The highest BCUT2D eigenvalue weighted by atomic mass is 32.2. The van der Waals surface area contributed by atoms with E-state index in [0.717, 1.165) is 19.3 Å². The molecule has 6 N–H and O–H groups in total. The first kappa shape index (κ1) is 33.3. The molecule has 44 heavy (non-hydrogen) atoms. The lowest BCUT2D eigenvalue weighted by molar-refractivity contribution is -0.205. The van der Waals surface area contributed by atoms with Gasteiger partial charge in [-0.1, -0.05) is 26.0 Å². The Bertz CT molecular complexity index is 1160. The Labute approximate surface area is 262 Å². The Kier molecular flexibility index (Phi) is 11.4. The molecular weight excluding hydrogens is 589 g/mol. The second-order valence-corrected chi connectivity index (χ2v) is 14.4. The third kappa shape index (κ3) is 8.01. The fourth-order valence-corrected chi connectivity index (χ4v) is 8.21.